The van der Waals surface area contributed by atoms with E-state index in [1.165, 1.54) is 16.2 Å². The average Bonchev–Trinajstić information content (AvgIpc) is 2.97. The van der Waals surface area contributed by atoms with Gasteiger partial charge in [0, 0.05) is 6.54 Å². The summed E-state index contributed by atoms with van der Waals surface area (Å²) in [6.45, 7) is 0.471. The van der Waals surface area contributed by atoms with Crippen LogP contribution in [0.5, 0.6) is 0 Å². The maximum Gasteiger partial charge on any atom is 0.264 e. The molecule has 0 aliphatic carbocycles. The van der Waals surface area contributed by atoms with Gasteiger partial charge in [-0.1, -0.05) is 6.07 Å². The number of nitrogens with zero attached hydrogens (tertiary/aromatic N) is 1. The van der Waals surface area contributed by atoms with Gasteiger partial charge in [0.1, 0.15) is 6.04 Å². The highest BCUT2D eigenvalue weighted by molar-refractivity contribution is 7.89. The molecule has 0 radical (unpaired) electrons. The molecule has 1 fully saturated rings. The predicted octanol–water partition coefficient (Wildman–Crippen LogP) is 0.429. The van der Waals surface area contributed by atoms with Crippen LogP contribution in [0, 0.1) is 0 Å². The smallest absolute Gasteiger partial charge is 0.264 e. The number of hydrogen-bond donors (Lipinski definition) is 1. The molecular formula is C11H14N2O4S2. The number of rotatable bonds is 3. The van der Waals surface area contributed by atoms with Crippen LogP contribution < -0.4 is 4.72 Å². The molecule has 1 atom stereocenters. The highest BCUT2D eigenvalue weighted by atomic mass is 32.2. The monoisotopic (exact) mass is 302 g/mol. The number of thiophene rings is 1. The minimum Gasteiger partial charge on any atom is -0.326 e. The topological polar surface area (TPSA) is 83.6 Å². The van der Waals surface area contributed by atoms with Gasteiger partial charge in [0.2, 0.25) is 10.0 Å². The Morgan fingerprint density at radius 3 is 2.79 bits per heavy atom. The van der Waals surface area contributed by atoms with E-state index in [2.05, 4.69) is 0 Å². The molecule has 1 N–H and O–H groups in total. The lowest BCUT2D eigenvalue weighted by atomic mass is 10.2. The summed E-state index contributed by atoms with van der Waals surface area (Å²) >= 11 is 1.30. The van der Waals surface area contributed by atoms with Crippen LogP contribution in [0.1, 0.15) is 22.5 Å². The summed E-state index contributed by atoms with van der Waals surface area (Å²) in [6.07, 6.45) is 2.10. The van der Waals surface area contributed by atoms with Crippen LogP contribution in [0.15, 0.2) is 17.5 Å². The first kappa shape index (κ1) is 14.0. The van der Waals surface area contributed by atoms with E-state index >= 15 is 0 Å². The Labute approximate surface area is 115 Å². The van der Waals surface area contributed by atoms with Crippen molar-refractivity contribution < 1.29 is 18.0 Å². The normalized spacial score (nSPS) is 19.4. The van der Waals surface area contributed by atoms with Crippen LogP contribution in [0.4, 0.5) is 0 Å². The Morgan fingerprint density at radius 1 is 1.47 bits per heavy atom. The summed E-state index contributed by atoms with van der Waals surface area (Å²) in [5, 5.41) is 1.79. The first-order valence-electron chi connectivity index (χ1n) is 5.74. The summed E-state index contributed by atoms with van der Waals surface area (Å²) < 4.78 is 24.1. The molecule has 1 aromatic heterocycles. The highest BCUT2D eigenvalue weighted by Gasteiger charge is 2.35. The zero-order valence-corrected chi connectivity index (χ0v) is 12.0. The number of likely N-dealkylation sites (tertiary alicyclic amines) is 1. The maximum absolute atomic E-state index is 12.2. The standard InChI is InChI=1S/C11H14N2O4S2/c1-19(16,17)12-10(14)8-4-2-6-13(8)11(15)9-5-3-7-18-9/h3,5,7-8H,2,4,6H2,1H3,(H,12,14)/t8-/m1/s1. The third kappa shape index (κ3) is 3.32. The van der Waals surface area contributed by atoms with E-state index in [4.69, 9.17) is 0 Å². The number of carbonyl (C=O) groups excluding carboxylic acids is 2. The zero-order chi connectivity index (χ0) is 14.0. The van der Waals surface area contributed by atoms with E-state index in [0.717, 1.165) is 6.26 Å². The molecule has 2 amide bonds. The Kier molecular flexibility index (Phi) is 3.91. The second-order valence-corrected chi connectivity index (χ2v) is 7.07. The zero-order valence-electron chi connectivity index (χ0n) is 10.3. The Bertz CT molecular complexity index is 580. The summed E-state index contributed by atoms with van der Waals surface area (Å²) in [4.78, 5) is 26.1. The molecule has 104 valence electrons. The van der Waals surface area contributed by atoms with Crippen molar-refractivity contribution in [2.45, 2.75) is 18.9 Å². The van der Waals surface area contributed by atoms with Crippen molar-refractivity contribution >= 4 is 33.2 Å². The van der Waals surface area contributed by atoms with Crippen molar-refractivity contribution in [2.75, 3.05) is 12.8 Å². The molecule has 8 heteroatoms. The second kappa shape index (κ2) is 5.30. The van der Waals surface area contributed by atoms with Crippen LogP contribution >= 0.6 is 11.3 Å². The van der Waals surface area contributed by atoms with Gasteiger partial charge in [-0.15, -0.1) is 11.3 Å². The third-order valence-electron chi connectivity index (χ3n) is 2.83. The fourth-order valence-electron chi connectivity index (χ4n) is 2.07. The van der Waals surface area contributed by atoms with Crippen molar-refractivity contribution in [3.8, 4) is 0 Å². The number of nitrogens with one attached hydrogen (secondary N) is 1. The fraction of sp³-hybridized carbons (Fsp3) is 0.455. The van der Waals surface area contributed by atoms with Crippen LogP contribution in [0.25, 0.3) is 0 Å². The quantitative estimate of drug-likeness (QED) is 0.877. The molecule has 2 rings (SSSR count). The Balaban J connectivity index is 2.13. The van der Waals surface area contributed by atoms with E-state index in [9.17, 15) is 18.0 Å². The number of hydrogen-bond acceptors (Lipinski definition) is 5. The van der Waals surface area contributed by atoms with Crippen molar-refractivity contribution in [2.24, 2.45) is 0 Å². The molecule has 0 unspecified atom stereocenters. The first-order valence-corrected chi connectivity index (χ1v) is 8.52. The van der Waals surface area contributed by atoms with Gasteiger partial charge < -0.3 is 4.90 Å². The van der Waals surface area contributed by atoms with Crippen molar-refractivity contribution in [3.63, 3.8) is 0 Å². The summed E-state index contributed by atoms with van der Waals surface area (Å²) in [5.74, 6) is -0.856. The van der Waals surface area contributed by atoms with Gasteiger partial charge in [-0.3, -0.25) is 14.3 Å². The minimum absolute atomic E-state index is 0.221. The number of carbonyl (C=O) groups is 2. The summed E-state index contributed by atoms with van der Waals surface area (Å²) in [5.41, 5.74) is 0. The minimum atomic E-state index is -3.60. The van der Waals surface area contributed by atoms with Gasteiger partial charge in [0.05, 0.1) is 11.1 Å². The molecule has 1 saturated heterocycles. The Hall–Kier alpha value is -1.41. The molecular weight excluding hydrogens is 288 g/mol. The van der Waals surface area contributed by atoms with Crippen LogP contribution in [-0.2, 0) is 14.8 Å². The molecule has 6 nitrogen and oxygen atoms in total. The van der Waals surface area contributed by atoms with Gasteiger partial charge in [-0.25, -0.2) is 8.42 Å². The van der Waals surface area contributed by atoms with Gasteiger partial charge in [-0.2, -0.15) is 0 Å². The molecule has 0 bridgehead atoms. The van der Waals surface area contributed by atoms with Crippen molar-refractivity contribution in [1.82, 2.24) is 9.62 Å². The second-order valence-electron chi connectivity index (χ2n) is 4.37. The van der Waals surface area contributed by atoms with Crippen molar-refractivity contribution in [1.29, 1.82) is 0 Å². The van der Waals surface area contributed by atoms with Crippen LogP contribution in [-0.4, -0.2) is 44.0 Å². The van der Waals surface area contributed by atoms with Crippen LogP contribution in [0.3, 0.4) is 0 Å². The SMILES string of the molecule is CS(=O)(=O)NC(=O)[C@H]1CCCN1C(=O)c1cccs1. The molecule has 1 aliphatic heterocycles. The summed E-state index contributed by atoms with van der Waals surface area (Å²) in [6, 6.07) is 2.75. The molecule has 1 aromatic rings. The highest BCUT2D eigenvalue weighted by Crippen LogP contribution is 2.22. The maximum atomic E-state index is 12.2. The first-order chi connectivity index (χ1) is 8.88. The van der Waals surface area contributed by atoms with E-state index in [-0.39, 0.29) is 5.91 Å². The molecule has 0 aromatic carbocycles. The van der Waals surface area contributed by atoms with Gasteiger partial charge in [0.15, 0.2) is 0 Å². The lowest BCUT2D eigenvalue weighted by Gasteiger charge is -2.22. The Morgan fingerprint density at radius 2 is 2.21 bits per heavy atom. The van der Waals surface area contributed by atoms with Gasteiger partial charge >= 0.3 is 0 Å². The number of sulfonamides is 1. The molecule has 19 heavy (non-hydrogen) atoms. The molecule has 1 aliphatic rings. The van der Waals surface area contributed by atoms with E-state index < -0.39 is 22.0 Å². The van der Waals surface area contributed by atoms with E-state index in [0.29, 0.717) is 24.3 Å². The summed E-state index contributed by atoms with van der Waals surface area (Å²) in [7, 11) is -3.60. The van der Waals surface area contributed by atoms with Gasteiger partial charge in [0.25, 0.3) is 11.8 Å². The molecule has 0 saturated carbocycles. The van der Waals surface area contributed by atoms with Crippen molar-refractivity contribution in [3.05, 3.63) is 22.4 Å². The number of amides is 2. The predicted molar refractivity (Wildman–Crippen MR) is 71.4 cm³/mol. The van der Waals surface area contributed by atoms with Gasteiger partial charge in [-0.05, 0) is 24.3 Å². The average molecular weight is 302 g/mol. The van der Waals surface area contributed by atoms with E-state index in [1.54, 1.807) is 17.5 Å². The lowest BCUT2D eigenvalue weighted by Crippen LogP contribution is -2.47. The largest absolute Gasteiger partial charge is 0.326 e. The molecule has 2 heterocycles. The van der Waals surface area contributed by atoms with E-state index in [1.807, 2.05) is 4.72 Å². The third-order valence-corrected chi connectivity index (χ3v) is 4.26. The fourth-order valence-corrected chi connectivity index (χ4v) is 3.26. The van der Waals surface area contributed by atoms with Crippen LogP contribution in [0.2, 0.25) is 0 Å². The lowest BCUT2D eigenvalue weighted by molar-refractivity contribution is -0.123. The molecule has 0 spiro atoms.